The van der Waals surface area contributed by atoms with E-state index < -0.39 is 0 Å². The van der Waals surface area contributed by atoms with Crippen molar-refractivity contribution >= 4 is 62.4 Å². The van der Waals surface area contributed by atoms with Gasteiger partial charge in [0.2, 0.25) is 17.7 Å². The van der Waals surface area contributed by atoms with E-state index in [4.69, 9.17) is 0 Å². The average molecular weight is 450 g/mol. The second kappa shape index (κ2) is 10.0. The molecule has 0 atom stereocenters. The van der Waals surface area contributed by atoms with E-state index in [0.29, 0.717) is 17.9 Å². The highest BCUT2D eigenvalue weighted by Gasteiger charge is 2.13. The van der Waals surface area contributed by atoms with Crippen molar-refractivity contribution in [3.8, 4) is 0 Å². The highest BCUT2D eigenvalue weighted by molar-refractivity contribution is 9.11. The van der Waals surface area contributed by atoms with E-state index in [1.54, 1.807) is 30.3 Å². The summed E-state index contributed by atoms with van der Waals surface area (Å²) in [4.78, 5) is 38.0. The standard InChI is InChI=1S/C19H20BrN3O3S/c1-3-23(19(26)11-9-16-8-10-17(20)27-16)12-18(25)22-15-6-4-14(5-7-15)21-13(2)24/h4-11H,3,12H2,1-2H3,(H,21,24)(H,22,25). The fraction of sp³-hybridized carbons (Fsp3) is 0.211. The number of halogens is 1. The number of benzene rings is 1. The molecule has 3 amide bonds. The maximum absolute atomic E-state index is 12.3. The largest absolute Gasteiger partial charge is 0.330 e. The number of carbonyl (C=O) groups excluding carboxylic acids is 3. The summed E-state index contributed by atoms with van der Waals surface area (Å²) in [5.41, 5.74) is 1.24. The van der Waals surface area contributed by atoms with Gasteiger partial charge in [-0.15, -0.1) is 11.3 Å². The number of amides is 3. The predicted octanol–water partition coefficient (Wildman–Crippen LogP) is 3.97. The number of thiophene rings is 1. The smallest absolute Gasteiger partial charge is 0.247 e. The van der Waals surface area contributed by atoms with Crippen LogP contribution in [0.15, 0.2) is 46.3 Å². The fourth-order valence-electron chi connectivity index (χ4n) is 2.24. The molecule has 8 heteroatoms. The van der Waals surface area contributed by atoms with Crippen molar-refractivity contribution in [3.63, 3.8) is 0 Å². The molecule has 1 aromatic heterocycles. The van der Waals surface area contributed by atoms with Gasteiger partial charge in [0.1, 0.15) is 6.54 Å². The molecule has 6 nitrogen and oxygen atoms in total. The maximum Gasteiger partial charge on any atom is 0.247 e. The second-order valence-corrected chi connectivity index (χ2v) is 8.13. The number of anilines is 2. The van der Waals surface area contributed by atoms with E-state index >= 15 is 0 Å². The molecule has 27 heavy (non-hydrogen) atoms. The molecular formula is C19H20BrN3O3S. The lowest BCUT2D eigenvalue weighted by molar-refractivity contribution is -0.130. The van der Waals surface area contributed by atoms with Crippen LogP contribution in [0, 0.1) is 0 Å². The molecule has 0 bridgehead atoms. The summed E-state index contributed by atoms with van der Waals surface area (Å²) in [6.45, 7) is 3.63. The highest BCUT2D eigenvalue weighted by atomic mass is 79.9. The van der Waals surface area contributed by atoms with E-state index in [-0.39, 0.29) is 24.3 Å². The minimum Gasteiger partial charge on any atom is -0.330 e. The molecule has 1 heterocycles. The molecule has 0 fully saturated rings. The molecular weight excluding hydrogens is 430 g/mol. The van der Waals surface area contributed by atoms with Crippen LogP contribution in [0.5, 0.6) is 0 Å². The summed E-state index contributed by atoms with van der Waals surface area (Å²) in [5.74, 6) is -0.672. The van der Waals surface area contributed by atoms with Gasteiger partial charge in [-0.05, 0) is 65.3 Å². The van der Waals surface area contributed by atoms with Crippen molar-refractivity contribution in [2.24, 2.45) is 0 Å². The molecule has 2 N–H and O–H groups in total. The Bertz CT molecular complexity index is 846. The average Bonchev–Trinajstić information content (AvgIpc) is 3.04. The van der Waals surface area contributed by atoms with Crippen LogP contribution in [0.25, 0.3) is 6.08 Å². The lowest BCUT2D eigenvalue weighted by Crippen LogP contribution is -2.36. The summed E-state index contributed by atoms with van der Waals surface area (Å²) in [6.07, 6.45) is 3.20. The van der Waals surface area contributed by atoms with Crippen LogP contribution in [0.2, 0.25) is 0 Å². The van der Waals surface area contributed by atoms with Crippen molar-refractivity contribution in [2.45, 2.75) is 13.8 Å². The summed E-state index contributed by atoms with van der Waals surface area (Å²) in [7, 11) is 0. The minimum absolute atomic E-state index is 0.0404. The molecule has 0 aliphatic carbocycles. The van der Waals surface area contributed by atoms with Gasteiger partial charge in [-0.2, -0.15) is 0 Å². The van der Waals surface area contributed by atoms with Crippen molar-refractivity contribution in [1.82, 2.24) is 4.90 Å². The quantitative estimate of drug-likeness (QED) is 0.627. The zero-order chi connectivity index (χ0) is 19.8. The molecule has 2 rings (SSSR count). The van der Waals surface area contributed by atoms with Gasteiger partial charge in [0, 0.05) is 35.8 Å². The summed E-state index contributed by atoms with van der Waals surface area (Å²) >= 11 is 4.90. The molecule has 1 aromatic carbocycles. The Balaban J connectivity index is 1.90. The monoisotopic (exact) mass is 449 g/mol. The van der Waals surface area contributed by atoms with Crippen LogP contribution in [-0.2, 0) is 14.4 Å². The van der Waals surface area contributed by atoms with Crippen LogP contribution in [-0.4, -0.2) is 35.7 Å². The molecule has 0 unspecified atom stereocenters. The summed E-state index contributed by atoms with van der Waals surface area (Å²) in [6, 6.07) is 10.6. The zero-order valence-electron chi connectivity index (χ0n) is 15.0. The number of carbonyl (C=O) groups is 3. The van der Waals surface area contributed by atoms with Gasteiger partial charge in [0.15, 0.2) is 0 Å². The van der Waals surface area contributed by atoms with Crippen molar-refractivity contribution < 1.29 is 14.4 Å². The lowest BCUT2D eigenvalue weighted by atomic mass is 10.2. The van der Waals surface area contributed by atoms with Gasteiger partial charge in [-0.3, -0.25) is 14.4 Å². The zero-order valence-corrected chi connectivity index (χ0v) is 17.4. The first-order valence-electron chi connectivity index (χ1n) is 8.27. The SMILES string of the molecule is CCN(CC(=O)Nc1ccc(NC(C)=O)cc1)C(=O)C=Cc1ccc(Br)s1. The van der Waals surface area contributed by atoms with E-state index in [0.717, 1.165) is 8.66 Å². The van der Waals surface area contributed by atoms with Gasteiger partial charge >= 0.3 is 0 Å². The van der Waals surface area contributed by atoms with Crippen LogP contribution in [0.4, 0.5) is 11.4 Å². The topological polar surface area (TPSA) is 78.5 Å². The Morgan fingerprint density at radius 3 is 2.22 bits per heavy atom. The maximum atomic E-state index is 12.3. The van der Waals surface area contributed by atoms with Crippen LogP contribution in [0.1, 0.15) is 18.7 Å². The highest BCUT2D eigenvalue weighted by Crippen LogP contribution is 2.23. The Morgan fingerprint density at radius 1 is 1.07 bits per heavy atom. The number of nitrogens with zero attached hydrogens (tertiary/aromatic N) is 1. The van der Waals surface area contributed by atoms with Crippen LogP contribution in [0.3, 0.4) is 0 Å². The Labute approximate surface area is 170 Å². The minimum atomic E-state index is -0.287. The molecule has 0 saturated carbocycles. The van der Waals surface area contributed by atoms with Gasteiger partial charge in [-0.1, -0.05) is 0 Å². The molecule has 0 aliphatic rings. The van der Waals surface area contributed by atoms with Crippen molar-refractivity contribution in [1.29, 1.82) is 0 Å². The van der Waals surface area contributed by atoms with E-state index in [1.807, 2.05) is 19.1 Å². The second-order valence-electron chi connectivity index (χ2n) is 5.63. The molecule has 0 aliphatic heterocycles. The Kier molecular flexibility index (Phi) is 7.75. The van der Waals surface area contributed by atoms with Gasteiger partial charge in [0.05, 0.1) is 3.79 Å². The molecule has 0 spiro atoms. The van der Waals surface area contributed by atoms with Crippen molar-refractivity contribution in [3.05, 3.63) is 51.1 Å². The molecule has 142 valence electrons. The van der Waals surface area contributed by atoms with Crippen molar-refractivity contribution in [2.75, 3.05) is 23.7 Å². The number of rotatable bonds is 7. The normalized spacial score (nSPS) is 10.6. The van der Waals surface area contributed by atoms with E-state index in [2.05, 4.69) is 26.6 Å². The third-order valence-corrected chi connectivity index (χ3v) is 5.09. The predicted molar refractivity (Wildman–Crippen MR) is 113 cm³/mol. The van der Waals surface area contributed by atoms with Crippen LogP contribution >= 0.6 is 27.3 Å². The lowest BCUT2D eigenvalue weighted by Gasteiger charge is -2.18. The molecule has 0 radical (unpaired) electrons. The number of likely N-dealkylation sites (N-methyl/N-ethyl adjacent to an activating group) is 1. The third kappa shape index (κ3) is 6.99. The molecule has 0 saturated heterocycles. The summed E-state index contributed by atoms with van der Waals surface area (Å²) < 4.78 is 0.992. The third-order valence-electron chi connectivity index (χ3n) is 3.50. The van der Waals surface area contributed by atoms with E-state index in [9.17, 15) is 14.4 Å². The first-order chi connectivity index (χ1) is 12.9. The van der Waals surface area contributed by atoms with Crippen LogP contribution < -0.4 is 10.6 Å². The Hall–Kier alpha value is -2.45. The number of hydrogen-bond acceptors (Lipinski definition) is 4. The van der Waals surface area contributed by atoms with E-state index in [1.165, 1.54) is 29.2 Å². The summed E-state index contributed by atoms with van der Waals surface area (Å²) in [5, 5.41) is 5.40. The number of nitrogens with one attached hydrogen (secondary N) is 2. The van der Waals surface area contributed by atoms with Gasteiger partial charge in [-0.25, -0.2) is 0 Å². The fourth-order valence-corrected chi connectivity index (χ4v) is 3.56. The first-order valence-corrected chi connectivity index (χ1v) is 9.88. The number of hydrogen-bond donors (Lipinski definition) is 2. The van der Waals surface area contributed by atoms with Gasteiger partial charge < -0.3 is 15.5 Å². The Morgan fingerprint density at radius 2 is 1.70 bits per heavy atom. The first kappa shape index (κ1) is 20.9. The molecule has 2 aromatic rings. The van der Waals surface area contributed by atoms with Gasteiger partial charge in [0.25, 0.3) is 0 Å².